The van der Waals surface area contributed by atoms with Crippen LogP contribution in [0.1, 0.15) is 17.3 Å². The van der Waals surface area contributed by atoms with E-state index in [1.807, 2.05) is 0 Å². The highest BCUT2D eigenvalue weighted by Gasteiger charge is 2.17. The number of esters is 1. The molecule has 0 fully saturated rings. The summed E-state index contributed by atoms with van der Waals surface area (Å²) in [6.45, 7) is 2.00. The zero-order valence-electron chi connectivity index (χ0n) is 9.63. The number of ether oxygens (including phenoxy) is 1. The summed E-state index contributed by atoms with van der Waals surface area (Å²) in [5.41, 5.74) is 6.05. The lowest BCUT2D eigenvalue weighted by atomic mass is 10.3. The zero-order chi connectivity index (χ0) is 13.1. The highest BCUT2D eigenvalue weighted by Crippen LogP contribution is 2.17. The molecule has 94 valence electrons. The first-order valence-corrected chi connectivity index (χ1v) is 5.63. The summed E-state index contributed by atoms with van der Waals surface area (Å²) in [7, 11) is 0. The Balaban J connectivity index is 2.36. The Kier molecular flexibility index (Phi) is 3.47. The number of halogens is 1. The number of nitrogen functional groups attached to an aromatic ring is 1. The van der Waals surface area contributed by atoms with Crippen molar-refractivity contribution in [2.75, 3.05) is 12.3 Å². The van der Waals surface area contributed by atoms with Crippen LogP contribution in [0.4, 0.5) is 5.82 Å². The number of hydrogen-bond donors (Lipinski definition) is 1. The van der Waals surface area contributed by atoms with E-state index in [1.165, 1.54) is 17.1 Å². The van der Waals surface area contributed by atoms with E-state index in [0.29, 0.717) is 10.8 Å². The normalized spacial score (nSPS) is 10.3. The molecule has 2 aromatic heterocycles. The van der Waals surface area contributed by atoms with Crippen LogP contribution < -0.4 is 5.73 Å². The van der Waals surface area contributed by atoms with Crippen molar-refractivity contribution in [3.8, 4) is 5.82 Å². The lowest BCUT2D eigenvalue weighted by Gasteiger charge is -2.04. The van der Waals surface area contributed by atoms with Gasteiger partial charge in [-0.05, 0) is 19.1 Å². The molecular formula is C11H11ClN4O2. The number of nitrogens with zero attached hydrogens (tertiary/aromatic N) is 3. The van der Waals surface area contributed by atoms with Crippen LogP contribution in [0, 0.1) is 0 Å². The third-order valence-electron chi connectivity index (χ3n) is 2.23. The maximum atomic E-state index is 11.6. The molecule has 0 aliphatic rings. The fraction of sp³-hybridized carbons (Fsp3) is 0.182. The highest BCUT2D eigenvalue weighted by atomic mass is 35.5. The van der Waals surface area contributed by atoms with Crippen molar-refractivity contribution in [1.82, 2.24) is 14.8 Å². The van der Waals surface area contributed by atoms with Crippen molar-refractivity contribution in [2.24, 2.45) is 0 Å². The molecule has 2 heterocycles. The average molecular weight is 267 g/mol. The van der Waals surface area contributed by atoms with Crippen LogP contribution in [0.5, 0.6) is 0 Å². The Bertz CT molecular complexity index is 565. The van der Waals surface area contributed by atoms with Gasteiger partial charge in [0.2, 0.25) is 0 Å². The Labute approximate surface area is 108 Å². The third kappa shape index (κ3) is 2.28. The average Bonchev–Trinajstić information content (AvgIpc) is 2.73. The van der Waals surface area contributed by atoms with E-state index in [9.17, 15) is 4.79 Å². The Morgan fingerprint density at radius 1 is 1.50 bits per heavy atom. The van der Waals surface area contributed by atoms with Crippen molar-refractivity contribution in [2.45, 2.75) is 6.92 Å². The van der Waals surface area contributed by atoms with E-state index in [4.69, 9.17) is 22.1 Å². The minimum Gasteiger partial charge on any atom is -0.462 e. The van der Waals surface area contributed by atoms with E-state index >= 15 is 0 Å². The second-order valence-electron chi connectivity index (χ2n) is 3.41. The van der Waals surface area contributed by atoms with Crippen molar-refractivity contribution >= 4 is 23.4 Å². The van der Waals surface area contributed by atoms with E-state index in [1.54, 1.807) is 19.1 Å². The summed E-state index contributed by atoms with van der Waals surface area (Å²) in [4.78, 5) is 15.6. The minimum atomic E-state index is -0.504. The van der Waals surface area contributed by atoms with Crippen LogP contribution in [0.15, 0.2) is 24.5 Å². The predicted molar refractivity (Wildman–Crippen MR) is 66.7 cm³/mol. The highest BCUT2D eigenvalue weighted by molar-refractivity contribution is 6.30. The molecule has 18 heavy (non-hydrogen) atoms. The van der Waals surface area contributed by atoms with Gasteiger partial charge in [-0.1, -0.05) is 11.6 Å². The van der Waals surface area contributed by atoms with Gasteiger partial charge in [-0.25, -0.2) is 9.78 Å². The smallest absolute Gasteiger partial charge is 0.343 e. The topological polar surface area (TPSA) is 83.0 Å². The third-order valence-corrected chi connectivity index (χ3v) is 2.45. The fourth-order valence-electron chi connectivity index (χ4n) is 1.40. The molecule has 2 aromatic rings. The van der Waals surface area contributed by atoms with Crippen molar-refractivity contribution in [3.05, 3.63) is 35.1 Å². The van der Waals surface area contributed by atoms with Gasteiger partial charge in [0.1, 0.15) is 11.4 Å². The van der Waals surface area contributed by atoms with Gasteiger partial charge in [0.15, 0.2) is 5.82 Å². The number of pyridine rings is 1. The molecule has 0 spiro atoms. The van der Waals surface area contributed by atoms with E-state index in [0.717, 1.165) is 0 Å². The van der Waals surface area contributed by atoms with E-state index in [2.05, 4.69) is 10.1 Å². The van der Waals surface area contributed by atoms with Crippen molar-refractivity contribution in [3.63, 3.8) is 0 Å². The van der Waals surface area contributed by atoms with Gasteiger partial charge >= 0.3 is 5.97 Å². The molecule has 2 N–H and O–H groups in total. The largest absolute Gasteiger partial charge is 0.462 e. The van der Waals surface area contributed by atoms with Crippen LogP contribution in [0.25, 0.3) is 5.82 Å². The number of nitrogens with two attached hydrogens (primary N) is 1. The molecule has 6 nitrogen and oxygen atoms in total. The number of hydrogen-bond acceptors (Lipinski definition) is 5. The Morgan fingerprint density at radius 3 is 2.89 bits per heavy atom. The predicted octanol–water partition coefficient (Wildman–Crippen LogP) is 1.68. The first-order chi connectivity index (χ1) is 8.63. The van der Waals surface area contributed by atoms with Gasteiger partial charge < -0.3 is 10.5 Å². The van der Waals surface area contributed by atoms with Crippen LogP contribution in [0.3, 0.4) is 0 Å². The SMILES string of the molecule is CCOC(=O)c1cnn(-c2ccc(Cl)cn2)c1N. The second kappa shape index (κ2) is 5.05. The van der Waals surface area contributed by atoms with Gasteiger partial charge in [-0.3, -0.25) is 0 Å². The summed E-state index contributed by atoms with van der Waals surface area (Å²) in [5.74, 6) is 0.158. The quantitative estimate of drug-likeness (QED) is 0.855. The molecule has 0 atom stereocenters. The van der Waals surface area contributed by atoms with Crippen LogP contribution in [-0.4, -0.2) is 27.3 Å². The molecule has 0 aromatic carbocycles. The van der Waals surface area contributed by atoms with Gasteiger partial charge in [0, 0.05) is 6.20 Å². The summed E-state index contributed by atoms with van der Waals surface area (Å²) in [6, 6.07) is 3.32. The molecule has 0 unspecified atom stereocenters. The van der Waals surface area contributed by atoms with Gasteiger partial charge in [0.05, 0.1) is 17.8 Å². The number of anilines is 1. The molecule has 0 saturated heterocycles. The molecule has 0 radical (unpaired) electrons. The van der Waals surface area contributed by atoms with Gasteiger partial charge in [-0.15, -0.1) is 0 Å². The lowest BCUT2D eigenvalue weighted by Crippen LogP contribution is -2.09. The standard InChI is InChI=1S/C11H11ClN4O2/c1-2-18-11(17)8-6-15-16(10(8)13)9-4-3-7(12)5-14-9/h3-6H,2,13H2,1H3. The minimum absolute atomic E-state index is 0.184. The molecule has 0 aliphatic carbocycles. The van der Waals surface area contributed by atoms with Crippen molar-refractivity contribution in [1.29, 1.82) is 0 Å². The molecule has 0 aliphatic heterocycles. The fourth-order valence-corrected chi connectivity index (χ4v) is 1.51. The molecule has 7 heteroatoms. The second-order valence-corrected chi connectivity index (χ2v) is 3.85. The number of rotatable bonds is 3. The molecular weight excluding hydrogens is 256 g/mol. The van der Waals surface area contributed by atoms with Crippen LogP contribution in [-0.2, 0) is 4.74 Å². The van der Waals surface area contributed by atoms with E-state index in [-0.39, 0.29) is 18.0 Å². The summed E-state index contributed by atoms with van der Waals surface area (Å²) in [6.07, 6.45) is 2.83. The van der Waals surface area contributed by atoms with E-state index < -0.39 is 5.97 Å². The van der Waals surface area contributed by atoms with Crippen molar-refractivity contribution < 1.29 is 9.53 Å². The van der Waals surface area contributed by atoms with Crippen LogP contribution in [0.2, 0.25) is 5.02 Å². The first-order valence-electron chi connectivity index (χ1n) is 5.26. The Morgan fingerprint density at radius 2 is 2.28 bits per heavy atom. The summed E-state index contributed by atoms with van der Waals surface area (Å²) < 4.78 is 6.21. The summed E-state index contributed by atoms with van der Waals surface area (Å²) >= 11 is 5.74. The number of aromatic nitrogens is 3. The van der Waals surface area contributed by atoms with Gasteiger partial charge in [-0.2, -0.15) is 9.78 Å². The first kappa shape index (κ1) is 12.4. The zero-order valence-corrected chi connectivity index (χ0v) is 10.4. The summed E-state index contributed by atoms with van der Waals surface area (Å²) in [5, 5.41) is 4.51. The lowest BCUT2D eigenvalue weighted by molar-refractivity contribution is 0.0527. The molecule has 0 amide bonds. The number of carbonyl (C=O) groups is 1. The van der Waals surface area contributed by atoms with Gasteiger partial charge in [0.25, 0.3) is 0 Å². The monoisotopic (exact) mass is 266 g/mol. The maximum absolute atomic E-state index is 11.6. The van der Waals surface area contributed by atoms with Crippen LogP contribution >= 0.6 is 11.6 Å². The number of carbonyl (C=O) groups excluding carboxylic acids is 1. The molecule has 0 bridgehead atoms. The molecule has 2 rings (SSSR count). The Hall–Kier alpha value is -2.08. The maximum Gasteiger partial charge on any atom is 0.343 e. The molecule has 0 saturated carbocycles.